The molecule has 0 N–H and O–H groups in total. The monoisotopic (exact) mass is 442 g/mol. The van der Waals surface area contributed by atoms with Crippen LogP contribution in [0.4, 0.5) is 4.39 Å². The third kappa shape index (κ3) is 3.76. The van der Waals surface area contributed by atoms with Gasteiger partial charge < -0.3 is 9.09 Å². The van der Waals surface area contributed by atoms with Crippen molar-refractivity contribution in [2.75, 3.05) is 0 Å². The molecule has 5 aromatic rings. The summed E-state index contributed by atoms with van der Waals surface area (Å²) >= 11 is 0. The summed E-state index contributed by atoms with van der Waals surface area (Å²) < 4.78 is 22.5. The number of benzene rings is 2. The van der Waals surface area contributed by atoms with Gasteiger partial charge in [0.2, 0.25) is 5.89 Å². The first-order valence-electron chi connectivity index (χ1n) is 10.5. The SMILES string of the molecule is CCCc1noc(Cn2cnc3c4cc(F)ccc4n(Cc4cccc(C#N)c4)c3c2=O)n1. The second-order valence-corrected chi connectivity index (χ2v) is 7.79. The Morgan fingerprint density at radius 3 is 2.88 bits per heavy atom. The Morgan fingerprint density at radius 2 is 2.06 bits per heavy atom. The van der Waals surface area contributed by atoms with Crippen molar-refractivity contribution in [2.45, 2.75) is 32.9 Å². The van der Waals surface area contributed by atoms with Gasteiger partial charge in [-0.15, -0.1) is 0 Å². The van der Waals surface area contributed by atoms with E-state index in [-0.39, 0.29) is 12.1 Å². The van der Waals surface area contributed by atoms with Crippen LogP contribution in [0.25, 0.3) is 21.9 Å². The highest BCUT2D eigenvalue weighted by atomic mass is 19.1. The maximum Gasteiger partial charge on any atom is 0.278 e. The van der Waals surface area contributed by atoms with Crippen molar-refractivity contribution in [2.24, 2.45) is 0 Å². The van der Waals surface area contributed by atoms with Crippen LogP contribution in [0.15, 0.2) is 58.1 Å². The van der Waals surface area contributed by atoms with Gasteiger partial charge in [-0.3, -0.25) is 9.36 Å². The fourth-order valence-electron chi connectivity index (χ4n) is 4.00. The number of hydrogen-bond donors (Lipinski definition) is 0. The van der Waals surface area contributed by atoms with Crippen LogP contribution in [-0.4, -0.2) is 24.3 Å². The molecule has 9 heteroatoms. The van der Waals surface area contributed by atoms with Crippen molar-refractivity contribution >= 4 is 21.9 Å². The molecule has 0 radical (unpaired) electrons. The van der Waals surface area contributed by atoms with Crippen molar-refractivity contribution < 1.29 is 8.91 Å². The van der Waals surface area contributed by atoms with Gasteiger partial charge in [0, 0.05) is 18.4 Å². The molecule has 0 aliphatic heterocycles. The Bertz CT molecular complexity index is 1590. The van der Waals surface area contributed by atoms with E-state index in [1.165, 1.54) is 23.0 Å². The lowest BCUT2D eigenvalue weighted by Crippen LogP contribution is -2.23. The second-order valence-electron chi connectivity index (χ2n) is 7.79. The van der Waals surface area contributed by atoms with Gasteiger partial charge in [0.1, 0.15) is 23.4 Å². The predicted molar refractivity (Wildman–Crippen MR) is 119 cm³/mol. The summed E-state index contributed by atoms with van der Waals surface area (Å²) in [6, 6.07) is 13.7. The lowest BCUT2D eigenvalue weighted by atomic mass is 10.1. The molecule has 3 heterocycles. The fourth-order valence-corrected chi connectivity index (χ4v) is 4.00. The van der Waals surface area contributed by atoms with E-state index >= 15 is 0 Å². The first kappa shape index (κ1) is 20.6. The summed E-state index contributed by atoms with van der Waals surface area (Å²) in [5.74, 6) is 0.502. The molecule has 5 rings (SSSR count). The molecule has 0 atom stereocenters. The molecule has 0 fully saturated rings. The van der Waals surface area contributed by atoms with E-state index in [1.54, 1.807) is 24.3 Å². The summed E-state index contributed by atoms with van der Waals surface area (Å²) in [4.78, 5) is 22.3. The molecule has 164 valence electrons. The third-order valence-corrected chi connectivity index (χ3v) is 5.47. The smallest absolute Gasteiger partial charge is 0.278 e. The minimum Gasteiger partial charge on any atom is -0.337 e. The van der Waals surface area contributed by atoms with Crippen molar-refractivity contribution in [1.29, 1.82) is 5.26 Å². The van der Waals surface area contributed by atoms with Gasteiger partial charge >= 0.3 is 0 Å². The van der Waals surface area contributed by atoms with E-state index in [9.17, 15) is 14.4 Å². The van der Waals surface area contributed by atoms with Gasteiger partial charge in [0.15, 0.2) is 5.82 Å². The maximum atomic E-state index is 14.0. The number of halogens is 1. The zero-order valence-corrected chi connectivity index (χ0v) is 17.8. The molecule has 0 bridgehead atoms. The summed E-state index contributed by atoms with van der Waals surface area (Å²) in [5.41, 5.74) is 2.50. The van der Waals surface area contributed by atoms with E-state index < -0.39 is 5.82 Å². The van der Waals surface area contributed by atoms with Gasteiger partial charge in [0.25, 0.3) is 5.56 Å². The summed E-state index contributed by atoms with van der Waals surface area (Å²) in [5, 5.41) is 13.7. The molecule has 8 nitrogen and oxygen atoms in total. The first-order chi connectivity index (χ1) is 16.1. The number of aromatic nitrogens is 5. The Kier molecular flexibility index (Phi) is 5.18. The summed E-state index contributed by atoms with van der Waals surface area (Å²) in [6.07, 6.45) is 2.99. The van der Waals surface area contributed by atoms with Gasteiger partial charge in [0.05, 0.1) is 23.5 Å². The largest absolute Gasteiger partial charge is 0.337 e. The highest BCUT2D eigenvalue weighted by molar-refractivity contribution is 6.05. The number of nitrogens with zero attached hydrogens (tertiary/aromatic N) is 6. The normalized spacial score (nSPS) is 11.3. The zero-order valence-electron chi connectivity index (χ0n) is 17.8. The topological polar surface area (TPSA) is 103 Å². The van der Waals surface area contributed by atoms with Gasteiger partial charge in [-0.1, -0.05) is 24.2 Å². The van der Waals surface area contributed by atoms with Crippen LogP contribution >= 0.6 is 0 Å². The van der Waals surface area contributed by atoms with Crippen LogP contribution in [0.5, 0.6) is 0 Å². The van der Waals surface area contributed by atoms with Crippen LogP contribution in [0.3, 0.4) is 0 Å². The Hall–Kier alpha value is -4.32. The van der Waals surface area contributed by atoms with E-state index in [1.807, 2.05) is 17.6 Å². The van der Waals surface area contributed by atoms with E-state index in [0.717, 1.165) is 12.0 Å². The molecule has 0 aliphatic carbocycles. The number of rotatable bonds is 6. The highest BCUT2D eigenvalue weighted by Gasteiger charge is 2.18. The first-order valence-corrected chi connectivity index (χ1v) is 10.5. The second kappa shape index (κ2) is 8.31. The van der Waals surface area contributed by atoms with Crippen molar-refractivity contribution in [3.8, 4) is 6.07 Å². The lowest BCUT2D eigenvalue weighted by molar-refractivity contribution is 0.364. The molecule has 0 saturated heterocycles. The van der Waals surface area contributed by atoms with Gasteiger partial charge in [-0.2, -0.15) is 10.2 Å². The summed E-state index contributed by atoms with van der Waals surface area (Å²) in [7, 11) is 0. The van der Waals surface area contributed by atoms with Crippen LogP contribution in [0.1, 0.15) is 36.2 Å². The quantitative estimate of drug-likeness (QED) is 0.396. The average molecular weight is 442 g/mol. The highest BCUT2D eigenvalue weighted by Crippen LogP contribution is 2.27. The van der Waals surface area contributed by atoms with Crippen LogP contribution in [0.2, 0.25) is 0 Å². The fraction of sp³-hybridized carbons (Fsp3) is 0.208. The molecular weight excluding hydrogens is 423 g/mol. The molecule has 0 saturated carbocycles. The van der Waals surface area contributed by atoms with Crippen molar-refractivity contribution in [3.63, 3.8) is 0 Å². The maximum absolute atomic E-state index is 14.0. The lowest BCUT2D eigenvalue weighted by Gasteiger charge is -2.09. The number of nitriles is 1. The van der Waals surface area contributed by atoms with Crippen molar-refractivity contribution in [3.05, 3.63) is 87.8 Å². The predicted octanol–water partition coefficient (Wildman–Crippen LogP) is 3.79. The van der Waals surface area contributed by atoms with Gasteiger partial charge in [-0.05, 0) is 42.3 Å². The molecule has 3 aromatic heterocycles. The van der Waals surface area contributed by atoms with E-state index in [2.05, 4.69) is 21.2 Å². The van der Waals surface area contributed by atoms with Gasteiger partial charge in [-0.25, -0.2) is 9.37 Å². The minimum absolute atomic E-state index is 0.0816. The Balaban J connectivity index is 1.66. The molecule has 0 unspecified atom stereocenters. The molecular formula is C24H19FN6O2. The molecule has 0 spiro atoms. The number of hydrogen-bond acceptors (Lipinski definition) is 6. The van der Waals surface area contributed by atoms with Crippen LogP contribution < -0.4 is 5.56 Å². The van der Waals surface area contributed by atoms with Crippen LogP contribution in [0, 0.1) is 17.1 Å². The number of aryl methyl sites for hydroxylation is 1. The minimum atomic E-state index is -0.409. The standard InChI is InChI=1S/C24H19FN6O2/c1-2-4-20-28-21(33-29-20)13-30-14-27-22-18-10-17(25)7-8-19(18)31(23(22)24(30)32)12-16-6-3-5-15(9-16)11-26/h3,5-10,14H,2,4,12-13H2,1H3. The van der Waals surface area contributed by atoms with E-state index in [0.29, 0.717) is 52.2 Å². The van der Waals surface area contributed by atoms with Crippen LogP contribution in [-0.2, 0) is 19.5 Å². The summed E-state index contributed by atoms with van der Waals surface area (Å²) in [6.45, 7) is 2.42. The molecule has 33 heavy (non-hydrogen) atoms. The average Bonchev–Trinajstić information content (AvgIpc) is 3.38. The third-order valence-electron chi connectivity index (χ3n) is 5.47. The Labute approximate surface area is 187 Å². The molecule has 2 aromatic carbocycles. The number of fused-ring (bicyclic) bond motifs is 3. The van der Waals surface area contributed by atoms with E-state index in [4.69, 9.17) is 4.52 Å². The molecule has 0 amide bonds. The Morgan fingerprint density at radius 1 is 1.18 bits per heavy atom. The van der Waals surface area contributed by atoms with Crippen molar-refractivity contribution in [1.82, 2.24) is 24.3 Å². The molecule has 0 aliphatic rings. The zero-order chi connectivity index (χ0) is 22.9.